The first-order chi connectivity index (χ1) is 9.36. The fourth-order valence-electron chi connectivity index (χ4n) is 3.38. The van der Waals surface area contributed by atoms with Crippen LogP contribution in [0.5, 0.6) is 5.75 Å². The molecular weight excluding hydrogens is 236 g/mol. The van der Waals surface area contributed by atoms with E-state index in [0.717, 1.165) is 18.4 Å². The molecule has 2 heterocycles. The molecule has 3 nitrogen and oxygen atoms in total. The molecule has 2 aliphatic heterocycles. The molecule has 0 N–H and O–H groups in total. The zero-order valence-electron chi connectivity index (χ0n) is 11.8. The quantitative estimate of drug-likeness (QED) is 0.831. The Morgan fingerprint density at radius 2 is 2.11 bits per heavy atom. The van der Waals surface area contributed by atoms with Gasteiger partial charge in [-0.15, -0.1) is 0 Å². The Hall–Kier alpha value is -1.22. The van der Waals surface area contributed by atoms with Crippen molar-refractivity contribution in [1.82, 2.24) is 4.90 Å². The van der Waals surface area contributed by atoms with E-state index in [2.05, 4.69) is 28.0 Å². The van der Waals surface area contributed by atoms with E-state index in [-0.39, 0.29) is 0 Å². The molecule has 0 radical (unpaired) electrons. The van der Waals surface area contributed by atoms with Crippen LogP contribution < -0.4 is 9.64 Å². The molecule has 0 amide bonds. The van der Waals surface area contributed by atoms with Gasteiger partial charge in [-0.1, -0.05) is 6.07 Å². The lowest BCUT2D eigenvalue weighted by Crippen LogP contribution is -2.36. The first-order valence-corrected chi connectivity index (χ1v) is 7.58. The van der Waals surface area contributed by atoms with Crippen molar-refractivity contribution in [2.24, 2.45) is 0 Å². The number of rotatable bonds is 3. The molecule has 3 rings (SSSR count). The Morgan fingerprint density at radius 3 is 3.00 bits per heavy atom. The summed E-state index contributed by atoms with van der Waals surface area (Å²) in [4.78, 5) is 5.21. The molecule has 2 saturated heterocycles. The maximum atomic E-state index is 5.62. The van der Waals surface area contributed by atoms with Gasteiger partial charge in [0.05, 0.1) is 6.61 Å². The largest absolute Gasteiger partial charge is 0.494 e. The summed E-state index contributed by atoms with van der Waals surface area (Å²) in [6.07, 6.45) is 4.01. The number of hydrogen-bond acceptors (Lipinski definition) is 3. The summed E-state index contributed by atoms with van der Waals surface area (Å²) in [5.41, 5.74) is 1.32. The highest BCUT2D eigenvalue weighted by Crippen LogP contribution is 2.27. The van der Waals surface area contributed by atoms with Crippen LogP contribution in [0.2, 0.25) is 0 Å². The van der Waals surface area contributed by atoms with E-state index < -0.39 is 0 Å². The van der Waals surface area contributed by atoms with Crippen LogP contribution in [0, 0.1) is 0 Å². The van der Waals surface area contributed by atoms with Gasteiger partial charge in [0.25, 0.3) is 0 Å². The number of fused-ring (bicyclic) bond motifs is 1. The van der Waals surface area contributed by atoms with Crippen LogP contribution in [0.15, 0.2) is 24.3 Å². The van der Waals surface area contributed by atoms with Gasteiger partial charge < -0.3 is 9.64 Å². The molecule has 104 valence electrons. The van der Waals surface area contributed by atoms with Crippen LogP contribution in [0.4, 0.5) is 5.69 Å². The van der Waals surface area contributed by atoms with Gasteiger partial charge in [-0.25, -0.2) is 0 Å². The minimum atomic E-state index is 0.736. The molecule has 0 bridgehead atoms. The van der Waals surface area contributed by atoms with Crippen molar-refractivity contribution in [3.05, 3.63) is 24.3 Å². The van der Waals surface area contributed by atoms with E-state index in [1.165, 1.54) is 51.1 Å². The molecule has 0 saturated carbocycles. The van der Waals surface area contributed by atoms with Crippen molar-refractivity contribution in [2.45, 2.75) is 32.2 Å². The molecule has 0 aromatic heterocycles. The summed E-state index contributed by atoms with van der Waals surface area (Å²) >= 11 is 0. The molecule has 1 unspecified atom stereocenters. The molecule has 1 aromatic carbocycles. The van der Waals surface area contributed by atoms with Gasteiger partial charge in [0.15, 0.2) is 0 Å². The lowest BCUT2D eigenvalue weighted by atomic mass is 10.2. The molecule has 3 heteroatoms. The van der Waals surface area contributed by atoms with E-state index in [1.54, 1.807) is 0 Å². The Morgan fingerprint density at radius 1 is 1.21 bits per heavy atom. The topological polar surface area (TPSA) is 15.7 Å². The molecule has 1 aromatic rings. The van der Waals surface area contributed by atoms with Gasteiger partial charge in [0.2, 0.25) is 0 Å². The lowest BCUT2D eigenvalue weighted by molar-refractivity contribution is 0.273. The van der Waals surface area contributed by atoms with E-state index in [4.69, 9.17) is 4.74 Å². The molecule has 1 atom stereocenters. The van der Waals surface area contributed by atoms with Crippen molar-refractivity contribution in [3.8, 4) is 5.75 Å². The SMILES string of the molecule is CCOc1cccc(N2CCCN3CCCC3C2)c1. The second-order valence-electron chi connectivity index (χ2n) is 5.56. The number of hydrogen-bond donors (Lipinski definition) is 0. The Balaban J connectivity index is 1.75. The van der Waals surface area contributed by atoms with Crippen LogP contribution in [0.1, 0.15) is 26.2 Å². The zero-order chi connectivity index (χ0) is 13.1. The maximum absolute atomic E-state index is 5.62. The highest BCUT2D eigenvalue weighted by Gasteiger charge is 2.28. The summed E-state index contributed by atoms with van der Waals surface area (Å²) < 4.78 is 5.62. The fraction of sp³-hybridized carbons (Fsp3) is 0.625. The third kappa shape index (κ3) is 2.86. The van der Waals surface area contributed by atoms with Crippen molar-refractivity contribution in [3.63, 3.8) is 0 Å². The van der Waals surface area contributed by atoms with Crippen LogP contribution in [-0.2, 0) is 0 Å². The standard InChI is InChI=1S/C16H24N2O/c1-2-19-16-8-3-6-14(12-16)18-11-5-10-17-9-4-7-15(17)13-18/h3,6,8,12,15H,2,4-5,7,9-11,13H2,1H3. The summed E-state index contributed by atoms with van der Waals surface area (Å²) in [5, 5.41) is 0. The third-order valence-electron chi connectivity index (χ3n) is 4.30. The van der Waals surface area contributed by atoms with Gasteiger partial charge in [-0.3, -0.25) is 4.90 Å². The van der Waals surface area contributed by atoms with Crippen LogP contribution in [0.3, 0.4) is 0 Å². The molecule has 2 aliphatic rings. The van der Waals surface area contributed by atoms with Crippen molar-refractivity contribution in [2.75, 3.05) is 37.7 Å². The number of ether oxygens (including phenoxy) is 1. The van der Waals surface area contributed by atoms with Gasteiger partial charge in [0.1, 0.15) is 5.75 Å². The molecule has 0 aliphatic carbocycles. The van der Waals surface area contributed by atoms with Crippen LogP contribution in [0.25, 0.3) is 0 Å². The van der Waals surface area contributed by atoms with Gasteiger partial charge >= 0.3 is 0 Å². The van der Waals surface area contributed by atoms with Crippen LogP contribution >= 0.6 is 0 Å². The molecule has 0 spiro atoms. The highest BCUT2D eigenvalue weighted by atomic mass is 16.5. The zero-order valence-corrected chi connectivity index (χ0v) is 11.8. The summed E-state index contributed by atoms with van der Waals surface area (Å²) in [6, 6.07) is 9.32. The Bertz CT molecular complexity index is 421. The van der Waals surface area contributed by atoms with Gasteiger partial charge in [0, 0.05) is 37.4 Å². The minimum Gasteiger partial charge on any atom is -0.494 e. The maximum Gasteiger partial charge on any atom is 0.121 e. The van der Waals surface area contributed by atoms with E-state index in [1.807, 2.05) is 13.0 Å². The monoisotopic (exact) mass is 260 g/mol. The first kappa shape index (κ1) is 12.8. The number of benzene rings is 1. The number of nitrogens with zero attached hydrogens (tertiary/aromatic N) is 2. The van der Waals surface area contributed by atoms with Crippen molar-refractivity contribution >= 4 is 5.69 Å². The van der Waals surface area contributed by atoms with Gasteiger partial charge in [-0.2, -0.15) is 0 Å². The summed E-state index contributed by atoms with van der Waals surface area (Å²) in [7, 11) is 0. The van der Waals surface area contributed by atoms with Crippen LogP contribution in [-0.4, -0.2) is 43.7 Å². The summed E-state index contributed by atoms with van der Waals surface area (Å²) in [5.74, 6) is 0.993. The normalized spacial score (nSPS) is 24.1. The highest BCUT2D eigenvalue weighted by molar-refractivity contribution is 5.51. The van der Waals surface area contributed by atoms with E-state index in [0.29, 0.717) is 0 Å². The molecular formula is C16H24N2O. The molecule has 2 fully saturated rings. The predicted molar refractivity (Wildman–Crippen MR) is 79.0 cm³/mol. The fourth-order valence-corrected chi connectivity index (χ4v) is 3.38. The van der Waals surface area contributed by atoms with E-state index in [9.17, 15) is 0 Å². The third-order valence-corrected chi connectivity index (χ3v) is 4.30. The van der Waals surface area contributed by atoms with Crippen molar-refractivity contribution in [1.29, 1.82) is 0 Å². The Labute approximate surface area is 116 Å². The van der Waals surface area contributed by atoms with E-state index >= 15 is 0 Å². The molecule has 19 heavy (non-hydrogen) atoms. The van der Waals surface area contributed by atoms with Crippen molar-refractivity contribution < 1.29 is 4.74 Å². The second kappa shape index (κ2) is 5.83. The average molecular weight is 260 g/mol. The average Bonchev–Trinajstić information content (AvgIpc) is 2.77. The van der Waals surface area contributed by atoms with Gasteiger partial charge in [-0.05, 0) is 44.9 Å². The minimum absolute atomic E-state index is 0.736. The summed E-state index contributed by atoms with van der Waals surface area (Å²) in [6.45, 7) is 7.69. The smallest absolute Gasteiger partial charge is 0.121 e. The Kier molecular flexibility index (Phi) is 3.92. The first-order valence-electron chi connectivity index (χ1n) is 7.58. The predicted octanol–water partition coefficient (Wildman–Crippen LogP) is 2.76. The second-order valence-corrected chi connectivity index (χ2v) is 5.56. The lowest BCUT2D eigenvalue weighted by Gasteiger charge is -2.27. The number of anilines is 1.